The van der Waals surface area contributed by atoms with Crippen molar-refractivity contribution >= 4 is 39.0 Å². The Labute approximate surface area is 190 Å². The zero-order valence-corrected chi connectivity index (χ0v) is 18.7. The number of carbonyl (C=O) groups excluding carboxylic acids is 2. The van der Waals surface area contributed by atoms with E-state index >= 15 is 0 Å². The molecule has 0 bridgehead atoms. The molecule has 0 saturated carbocycles. The van der Waals surface area contributed by atoms with E-state index in [-0.39, 0.29) is 21.8 Å². The summed E-state index contributed by atoms with van der Waals surface area (Å²) in [6.07, 6.45) is 1.75. The standard InChI is InChI=1S/C21H24N4O7S/c1-14(20(26)23-16-6-8-17(9-7-16)33(22,30)31)32-21(27)15-5-10-18(19(13-15)25(28)29)24-11-3-2-4-12-24/h5-10,13-14H,2-4,11-12H2,1H3,(H,23,26)(H2,22,30,31)/t14-/m1/s1. The minimum absolute atomic E-state index is 0.0420. The number of amides is 1. The number of nitro benzene ring substituents is 1. The number of piperidine rings is 1. The van der Waals surface area contributed by atoms with E-state index in [1.165, 1.54) is 43.3 Å². The number of carbonyl (C=O) groups is 2. The maximum absolute atomic E-state index is 12.5. The number of nitrogens with two attached hydrogens (primary N) is 1. The lowest BCUT2D eigenvalue weighted by molar-refractivity contribution is -0.384. The highest BCUT2D eigenvalue weighted by atomic mass is 32.2. The van der Waals surface area contributed by atoms with Gasteiger partial charge in [-0.05, 0) is 62.6 Å². The molecule has 0 spiro atoms. The Hall–Kier alpha value is -3.51. The number of esters is 1. The van der Waals surface area contributed by atoms with Crippen LogP contribution in [0, 0.1) is 10.1 Å². The van der Waals surface area contributed by atoms with Crippen molar-refractivity contribution in [3.05, 3.63) is 58.1 Å². The van der Waals surface area contributed by atoms with E-state index in [0.717, 1.165) is 25.3 Å². The Balaban J connectivity index is 1.67. The van der Waals surface area contributed by atoms with Crippen LogP contribution in [0.3, 0.4) is 0 Å². The first-order chi connectivity index (χ1) is 15.6. The van der Waals surface area contributed by atoms with Gasteiger partial charge in [0.2, 0.25) is 10.0 Å². The van der Waals surface area contributed by atoms with Crippen LogP contribution in [0.2, 0.25) is 0 Å². The van der Waals surface area contributed by atoms with Crippen LogP contribution in [-0.2, 0) is 19.6 Å². The predicted octanol–water partition coefficient (Wildman–Crippen LogP) is 2.42. The van der Waals surface area contributed by atoms with Crippen molar-refractivity contribution in [2.45, 2.75) is 37.2 Å². The van der Waals surface area contributed by atoms with E-state index < -0.39 is 32.9 Å². The number of anilines is 2. The van der Waals surface area contributed by atoms with Crippen molar-refractivity contribution in [1.29, 1.82) is 0 Å². The normalized spacial score (nSPS) is 14.9. The number of rotatable bonds is 7. The highest BCUT2D eigenvalue weighted by Crippen LogP contribution is 2.31. The minimum atomic E-state index is -3.86. The maximum Gasteiger partial charge on any atom is 0.339 e. The molecule has 1 heterocycles. The van der Waals surface area contributed by atoms with Crippen LogP contribution in [0.4, 0.5) is 17.1 Å². The van der Waals surface area contributed by atoms with Crippen molar-refractivity contribution in [2.24, 2.45) is 5.14 Å². The highest BCUT2D eigenvalue weighted by Gasteiger charge is 2.25. The molecule has 1 atom stereocenters. The summed E-state index contributed by atoms with van der Waals surface area (Å²) in [4.78, 5) is 37.7. The molecule has 176 valence electrons. The molecule has 33 heavy (non-hydrogen) atoms. The van der Waals surface area contributed by atoms with Crippen LogP contribution in [0.25, 0.3) is 0 Å². The van der Waals surface area contributed by atoms with Crippen LogP contribution in [0.5, 0.6) is 0 Å². The summed E-state index contributed by atoms with van der Waals surface area (Å²) in [6.45, 7) is 2.77. The molecule has 1 fully saturated rings. The smallest absolute Gasteiger partial charge is 0.339 e. The van der Waals surface area contributed by atoms with Gasteiger partial charge in [-0.25, -0.2) is 18.4 Å². The molecule has 3 rings (SSSR count). The summed E-state index contributed by atoms with van der Waals surface area (Å²) in [7, 11) is -3.86. The van der Waals surface area contributed by atoms with E-state index in [0.29, 0.717) is 18.8 Å². The fraction of sp³-hybridized carbons (Fsp3) is 0.333. The third-order valence-corrected chi connectivity index (χ3v) is 6.14. The van der Waals surface area contributed by atoms with E-state index in [4.69, 9.17) is 9.88 Å². The van der Waals surface area contributed by atoms with Gasteiger partial charge in [-0.1, -0.05) is 0 Å². The Morgan fingerprint density at radius 1 is 1.12 bits per heavy atom. The van der Waals surface area contributed by atoms with Crippen molar-refractivity contribution < 1.29 is 27.7 Å². The molecule has 2 aromatic rings. The quantitative estimate of drug-likeness (QED) is 0.350. The third-order valence-electron chi connectivity index (χ3n) is 5.21. The van der Waals surface area contributed by atoms with Gasteiger partial charge in [-0.3, -0.25) is 14.9 Å². The number of benzene rings is 2. The van der Waals surface area contributed by atoms with Crippen LogP contribution in [0.1, 0.15) is 36.5 Å². The van der Waals surface area contributed by atoms with Crippen molar-refractivity contribution in [3.8, 4) is 0 Å². The SMILES string of the molecule is C[C@@H](OC(=O)c1ccc(N2CCCCC2)c([N+](=O)[O-])c1)C(=O)Nc1ccc(S(N)(=O)=O)cc1. The molecule has 0 aliphatic carbocycles. The van der Waals surface area contributed by atoms with Gasteiger partial charge in [0.1, 0.15) is 5.69 Å². The van der Waals surface area contributed by atoms with Crippen LogP contribution in [-0.4, -0.2) is 44.4 Å². The summed E-state index contributed by atoms with van der Waals surface area (Å²) in [5, 5.41) is 19.1. The molecule has 12 heteroatoms. The van der Waals surface area contributed by atoms with E-state index in [1.807, 2.05) is 4.90 Å². The number of ether oxygens (including phenoxy) is 1. The number of nitrogens with one attached hydrogen (secondary N) is 1. The molecule has 0 unspecified atom stereocenters. The number of hydrogen-bond donors (Lipinski definition) is 2. The topological polar surface area (TPSA) is 162 Å². The molecule has 1 saturated heterocycles. The summed E-state index contributed by atoms with van der Waals surface area (Å²) in [6, 6.07) is 9.26. The lowest BCUT2D eigenvalue weighted by Gasteiger charge is -2.28. The fourth-order valence-corrected chi connectivity index (χ4v) is 3.97. The summed E-state index contributed by atoms with van der Waals surface area (Å²) >= 11 is 0. The van der Waals surface area contributed by atoms with Crippen LogP contribution in [0.15, 0.2) is 47.4 Å². The Kier molecular flexibility index (Phi) is 7.29. The molecule has 1 aliphatic heterocycles. The van der Waals surface area contributed by atoms with Gasteiger partial charge < -0.3 is 15.0 Å². The van der Waals surface area contributed by atoms with Gasteiger partial charge in [0.25, 0.3) is 11.6 Å². The zero-order valence-electron chi connectivity index (χ0n) is 17.9. The highest BCUT2D eigenvalue weighted by molar-refractivity contribution is 7.89. The molecule has 0 aromatic heterocycles. The first-order valence-electron chi connectivity index (χ1n) is 10.2. The average Bonchev–Trinajstić information content (AvgIpc) is 2.78. The average molecular weight is 477 g/mol. The lowest BCUT2D eigenvalue weighted by atomic mass is 10.1. The van der Waals surface area contributed by atoms with Gasteiger partial charge in [0.15, 0.2) is 6.10 Å². The van der Waals surface area contributed by atoms with E-state index in [1.54, 1.807) is 0 Å². The zero-order chi connectivity index (χ0) is 24.2. The Morgan fingerprint density at radius 3 is 2.33 bits per heavy atom. The van der Waals surface area contributed by atoms with Gasteiger partial charge in [-0.15, -0.1) is 0 Å². The summed E-state index contributed by atoms with van der Waals surface area (Å²) < 4.78 is 27.8. The van der Waals surface area contributed by atoms with Crippen LogP contribution < -0.4 is 15.4 Å². The second-order valence-electron chi connectivity index (χ2n) is 7.61. The lowest BCUT2D eigenvalue weighted by Crippen LogP contribution is -2.31. The first kappa shape index (κ1) is 24.1. The number of nitrogens with zero attached hydrogens (tertiary/aromatic N) is 2. The summed E-state index contributed by atoms with van der Waals surface area (Å²) in [5.41, 5.74) is 0.486. The second kappa shape index (κ2) is 9.96. The fourth-order valence-electron chi connectivity index (χ4n) is 3.45. The molecule has 1 amide bonds. The minimum Gasteiger partial charge on any atom is -0.449 e. The van der Waals surface area contributed by atoms with Crippen molar-refractivity contribution in [1.82, 2.24) is 0 Å². The largest absolute Gasteiger partial charge is 0.449 e. The molecule has 1 aliphatic rings. The Morgan fingerprint density at radius 2 is 1.76 bits per heavy atom. The van der Waals surface area contributed by atoms with Gasteiger partial charge in [0, 0.05) is 24.8 Å². The number of hydrogen-bond acceptors (Lipinski definition) is 8. The number of primary sulfonamides is 1. The van der Waals surface area contributed by atoms with Crippen molar-refractivity contribution in [2.75, 3.05) is 23.3 Å². The number of nitro groups is 1. The first-order valence-corrected chi connectivity index (χ1v) is 11.8. The van der Waals surface area contributed by atoms with Gasteiger partial charge >= 0.3 is 5.97 Å². The third kappa shape index (κ3) is 6.05. The molecule has 11 nitrogen and oxygen atoms in total. The number of sulfonamides is 1. The second-order valence-corrected chi connectivity index (χ2v) is 9.18. The summed E-state index contributed by atoms with van der Waals surface area (Å²) in [5.74, 6) is -1.54. The Bertz CT molecular complexity index is 1160. The molecule has 3 N–H and O–H groups in total. The van der Waals surface area contributed by atoms with Gasteiger partial charge in [-0.2, -0.15) is 0 Å². The molecule has 2 aromatic carbocycles. The van der Waals surface area contributed by atoms with E-state index in [2.05, 4.69) is 5.32 Å². The van der Waals surface area contributed by atoms with Crippen molar-refractivity contribution in [3.63, 3.8) is 0 Å². The van der Waals surface area contributed by atoms with Gasteiger partial charge in [0.05, 0.1) is 15.4 Å². The molecule has 0 radical (unpaired) electrons. The predicted molar refractivity (Wildman–Crippen MR) is 120 cm³/mol. The molecular weight excluding hydrogens is 452 g/mol. The maximum atomic E-state index is 12.5. The van der Waals surface area contributed by atoms with Crippen LogP contribution >= 0.6 is 0 Å². The van der Waals surface area contributed by atoms with E-state index in [9.17, 15) is 28.1 Å². The monoisotopic (exact) mass is 476 g/mol. The molecular formula is C21H24N4O7S.